The largest absolute Gasteiger partial charge is 0.490 e. The molecule has 0 amide bonds. The van der Waals surface area contributed by atoms with Crippen LogP contribution in [0.1, 0.15) is 0 Å². The zero-order valence-corrected chi connectivity index (χ0v) is 11.5. The van der Waals surface area contributed by atoms with Gasteiger partial charge in [-0.25, -0.2) is 4.98 Å². The average molecular weight is 289 g/mol. The molecule has 0 bridgehead atoms. The topological polar surface area (TPSA) is 101 Å². The molecule has 0 saturated heterocycles. The summed E-state index contributed by atoms with van der Waals surface area (Å²) in [4.78, 5) is 14.5. The molecular formula is C14H15N3O4. The summed E-state index contributed by atoms with van der Waals surface area (Å²) < 4.78 is 10.5. The minimum absolute atomic E-state index is 0.0888. The highest BCUT2D eigenvalue weighted by atomic mass is 16.6. The molecule has 2 aromatic rings. The van der Waals surface area contributed by atoms with Crippen LogP contribution in [0.15, 0.2) is 36.4 Å². The fraction of sp³-hybridized carbons (Fsp3) is 0.214. The van der Waals surface area contributed by atoms with Gasteiger partial charge in [0, 0.05) is 18.7 Å². The molecule has 110 valence electrons. The van der Waals surface area contributed by atoms with Gasteiger partial charge in [0.15, 0.2) is 0 Å². The number of methoxy groups -OCH3 is 1. The van der Waals surface area contributed by atoms with Crippen molar-refractivity contribution in [3.63, 3.8) is 0 Å². The molecule has 0 aliphatic rings. The van der Waals surface area contributed by atoms with Gasteiger partial charge in [-0.2, -0.15) is 0 Å². The van der Waals surface area contributed by atoms with E-state index in [9.17, 15) is 10.1 Å². The summed E-state index contributed by atoms with van der Waals surface area (Å²) in [7, 11) is 1.58. The van der Waals surface area contributed by atoms with Gasteiger partial charge >= 0.3 is 0 Å². The fourth-order valence-corrected chi connectivity index (χ4v) is 1.82. The summed E-state index contributed by atoms with van der Waals surface area (Å²) >= 11 is 0. The second-order valence-corrected chi connectivity index (χ2v) is 4.23. The van der Waals surface area contributed by atoms with E-state index in [4.69, 9.17) is 15.2 Å². The molecule has 1 aromatic heterocycles. The van der Waals surface area contributed by atoms with Crippen LogP contribution in [0.3, 0.4) is 0 Å². The number of hydrogen-bond acceptors (Lipinski definition) is 6. The second kappa shape index (κ2) is 6.67. The molecule has 0 fully saturated rings. The Balaban J connectivity index is 2.39. The zero-order valence-electron chi connectivity index (χ0n) is 11.5. The van der Waals surface area contributed by atoms with E-state index in [1.165, 1.54) is 12.1 Å². The summed E-state index contributed by atoms with van der Waals surface area (Å²) in [5.74, 6) is 0.660. The molecule has 7 nitrogen and oxygen atoms in total. The van der Waals surface area contributed by atoms with E-state index in [0.29, 0.717) is 30.2 Å². The van der Waals surface area contributed by atoms with Gasteiger partial charge in [-0.3, -0.25) is 10.1 Å². The van der Waals surface area contributed by atoms with Crippen molar-refractivity contribution in [3.05, 3.63) is 46.5 Å². The Bertz CT molecular complexity index is 646. The second-order valence-electron chi connectivity index (χ2n) is 4.23. The third-order valence-corrected chi connectivity index (χ3v) is 2.75. The lowest BCUT2D eigenvalue weighted by atomic mass is 10.1. The standard InChI is InChI=1S/C14H15N3O4/c1-20-6-7-21-13-5-3-2-4-11(13)12-8-10(17(18)19)9-14(15)16-12/h2-5,8-9H,6-7H2,1H3,(H2,15,16). The molecule has 1 heterocycles. The third kappa shape index (κ3) is 3.67. The van der Waals surface area contributed by atoms with Gasteiger partial charge in [-0.15, -0.1) is 0 Å². The molecule has 0 aliphatic carbocycles. The minimum atomic E-state index is -0.504. The van der Waals surface area contributed by atoms with E-state index < -0.39 is 4.92 Å². The number of nitrogens with zero attached hydrogens (tertiary/aromatic N) is 2. The van der Waals surface area contributed by atoms with E-state index in [2.05, 4.69) is 4.98 Å². The van der Waals surface area contributed by atoms with Gasteiger partial charge in [0.25, 0.3) is 5.69 Å². The number of nitrogens with two attached hydrogens (primary N) is 1. The number of pyridine rings is 1. The summed E-state index contributed by atoms with van der Waals surface area (Å²) in [5.41, 5.74) is 6.56. The smallest absolute Gasteiger partial charge is 0.275 e. The quantitative estimate of drug-likeness (QED) is 0.497. The van der Waals surface area contributed by atoms with Crippen LogP contribution in [-0.2, 0) is 4.74 Å². The van der Waals surface area contributed by atoms with Crippen molar-refractivity contribution in [2.45, 2.75) is 0 Å². The predicted molar refractivity (Wildman–Crippen MR) is 78.1 cm³/mol. The summed E-state index contributed by atoms with van der Waals surface area (Å²) in [6, 6.07) is 9.74. The van der Waals surface area contributed by atoms with Crippen LogP contribution in [-0.4, -0.2) is 30.2 Å². The van der Waals surface area contributed by atoms with Gasteiger partial charge in [-0.05, 0) is 12.1 Å². The minimum Gasteiger partial charge on any atom is -0.490 e. The van der Waals surface area contributed by atoms with Crippen LogP contribution in [0.25, 0.3) is 11.3 Å². The van der Waals surface area contributed by atoms with Crippen molar-refractivity contribution in [2.24, 2.45) is 0 Å². The van der Waals surface area contributed by atoms with Crippen molar-refractivity contribution >= 4 is 11.5 Å². The first-order valence-electron chi connectivity index (χ1n) is 6.25. The number of hydrogen-bond donors (Lipinski definition) is 1. The number of ether oxygens (including phenoxy) is 2. The highest BCUT2D eigenvalue weighted by molar-refractivity contribution is 5.70. The molecule has 0 unspecified atom stereocenters. The molecule has 0 atom stereocenters. The Morgan fingerprint density at radius 1 is 1.29 bits per heavy atom. The van der Waals surface area contributed by atoms with Gasteiger partial charge < -0.3 is 15.2 Å². The number of benzene rings is 1. The van der Waals surface area contributed by atoms with Crippen LogP contribution in [0, 0.1) is 10.1 Å². The highest BCUT2D eigenvalue weighted by Crippen LogP contribution is 2.31. The van der Waals surface area contributed by atoms with Crippen LogP contribution in [0.2, 0.25) is 0 Å². The fourth-order valence-electron chi connectivity index (χ4n) is 1.82. The molecular weight excluding hydrogens is 274 g/mol. The lowest BCUT2D eigenvalue weighted by molar-refractivity contribution is -0.384. The van der Waals surface area contributed by atoms with Crippen molar-refractivity contribution < 1.29 is 14.4 Å². The highest BCUT2D eigenvalue weighted by Gasteiger charge is 2.14. The van der Waals surface area contributed by atoms with Gasteiger partial charge in [0.2, 0.25) is 0 Å². The number of nitro groups is 1. The van der Waals surface area contributed by atoms with E-state index in [1.54, 1.807) is 25.3 Å². The van der Waals surface area contributed by atoms with E-state index in [0.717, 1.165) is 0 Å². The molecule has 1 aromatic carbocycles. The maximum atomic E-state index is 10.9. The number of aromatic nitrogens is 1. The van der Waals surface area contributed by atoms with Gasteiger partial charge in [0.1, 0.15) is 18.2 Å². The van der Waals surface area contributed by atoms with Gasteiger partial charge in [-0.1, -0.05) is 12.1 Å². The normalized spacial score (nSPS) is 10.3. The van der Waals surface area contributed by atoms with E-state index >= 15 is 0 Å². The maximum absolute atomic E-state index is 10.9. The Hall–Kier alpha value is -2.67. The van der Waals surface area contributed by atoms with Crippen LogP contribution in [0.5, 0.6) is 5.75 Å². The number of rotatable bonds is 6. The average Bonchev–Trinajstić information content (AvgIpc) is 2.47. The molecule has 2 rings (SSSR count). The lowest BCUT2D eigenvalue weighted by Gasteiger charge is -2.11. The Kier molecular flexibility index (Phi) is 4.68. The molecule has 0 saturated carbocycles. The van der Waals surface area contributed by atoms with Crippen molar-refractivity contribution in [1.82, 2.24) is 4.98 Å². The first-order valence-corrected chi connectivity index (χ1v) is 6.25. The summed E-state index contributed by atoms with van der Waals surface area (Å²) in [6.07, 6.45) is 0. The molecule has 0 spiro atoms. The molecule has 21 heavy (non-hydrogen) atoms. The van der Waals surface area contributed by atoms with Crippen molar-refractivity contribution in [3.8, 4) is 17.0 Å². The van der Waals surface area contributed by atoms with Crippen LogP contribution < -0.4 is 10.5 Å². The van der Waals surface area contributed by atoms with Crippen molar-refractivity contribution in [1.29, 1.82) is 0 Å². The lowest BCUT2D eigenvalue weighted by Crippen LogP contribution is -2.05. The first kappa shape index (κ1) is 14.7. The maximum Gasteiger partial charge on any atom is 0.275 e. The number of para-hydroxylation sites is 1. The number of nitrogen functional groups attached to an aromatic ring is 1. The Morgan fingerprint density at radius 2 is 2.05 bits per heavy atom. The Labute approximate surface area is 121 Å². The van der Waals surface area contributed by atoms with Crippen molar-refractivity contribution in [2.75, 3.05) is 26.1 Å². The van der Waals surface area contributed by atoms with Gasteiger partial charge in [0.05, 0.1) is 23.3 Å². The molecule has 0 radical (unpaired) electrons. The first-order chi connectivity index (χ1) is 10.1. The third-order valence-electron chi connectivity index (χ3n) is 2.75. The Morgan fingerprint density at radius 3 is 2.76 bits per heavy atom. The molecule has 7 heteroatoms. The number of anilines is 1. The van der Waals surface area contributed by atoms with Crippen LogP contribution >= 0.6 is 0 Å². The molecule has 2 N–H and O–H groups in total. The summed E-state index contributed by atoms with van der Waals surface area (Å²) in [6.45, 7) is 0.816. The zero-order chi connectivity index (χ0) is 15.2. The molecule has 0 aliphatic heterocycles. The van der Waals surface area contributed by atoms with Crippen LogP contribution in [0.4, 0.5) is 11.5 Å². The van der Waals surface area contributed by atoms with E-state index in [-0.39, 0.29) is 11.5 Å². The summed E-state index contributed by atoms with van der Waals surface area (Å²) in [5, 5.41) is 10.9. The predicted octanol–water partition coefficient (Wildman–Crippen LogP) is 2.26. The SMILES string of the molecule is COCCOc1ccccc1-c1cc([N+](=O)[O-])cc(N)n1. The van der Waals surface area contributed by atoms with E-state index in [1.807, 2.05) is 6.07 Å². The monoisotopic (exact) mass is 289 g/mol.